The average molecular weight is 299 g/mol. The number of rotatable bonds is 2. The van der Waals surface area contributed by atoms with Crippen molar-refractivity contribution < 1.29 is 24.1 Å². The van der Waals surface area contributed by atoms with Crippen LogP contribution in [0.2, 0.25) is 5.02 Å². The summed E-state index contributed by atoms with van der Waals surface area (Å²) in [5, 5.41) is 9.66. The van der Waals surface area contributed by atoms with E-state index in [1.54, 1.807) is 12.1 Å². The highest BCUT2D eigenvalue weighted by Crippen LogP contribution is 2.43. The standard InChI is InChI=1S/C14H15ClO5/c15-10-6-8(12-9(14(16)17)2-5-20-12)7-11-13(10)19-4-1-3-18-11/h6-7,9,12H,1-5H2,(H,16,17). The third kappa shape index (κ3) is 2.43. The first kappa shape index (κ1) is 13.5. The SMILES string of the molecule is O=C(O)C1CCOC1c1cc(Cl)c2c(c1)OCCCO2. The van der Waals surface area contributed by atoms with E-state index in [0.29, 0.717) is 42.8 Å². The van der Waals surface area contributed by atoms with Crippen LogP contribution in [-0.4, -0.2) is 30.9 Å². The fourth-order valence-corrected chi connectivity index (χ4v) is 2.86. The predicted octanol–water partition coefficient (Wildman–Crippen LogP) is 2.66. The predicted molar refractivity (Wildman–Crippen MR) is 71.5 cm³/mol. The Morgan fingerprint density at radius 2 is 2.05 bits per heavy atom. The van der Waals surface area contributed by atoms with E-state index in [9.17, 15) is 9.90 Å². The van der Waals surface area contributed by atoms with E-state index in [-0.39, 0.29) is 0 Å². The summed E-state index contributed by atoms with van der Waals surface area (Å²) in [7, 11) is 0. The van der Waals surface area contributed by atoms with E-state index in [1.165, 1.54) is 0 Å². The number of carboxylic acid groups (broad SMARTS) is 1. The minimum absolute atomic E-state index is 0.430. The smallest absolute Gasteiger partial charge is 0.309 e. The van der Waals surface area contributed by atoms with Gasteiger partial charge in [-0.2, -0.15) is 0 Å². The first-order valence-electron chi connectivity index (χ1n) is 6.60. The van der Waals surface area contributed by atoms with Crippen molar-refractivity contribution in [2.24, 2.45) is 5.92 Å². The molecule has 0 aromatic heterocycles. The summed E-state index contributed by atoms with van der Waals surface area (Å²) in [4.78, 5) is 11.2. The molecule has 0 radical (unpaired) electrons. The maximum Gasteiger partial charge on any atom is 0.309 e. The summed E-state index contributed by atoms with van der Waals surface area (Å²) in [6, 6.07) is 3.49. The van der Waals surface area contributed by atoms with Gasteiger partial charge in [0, 0.05) is 13.0 Å². The Morgan fingerprint density at radius 1 is 1.25 bits per heavy atom. The number of benzene rings is 1. The van der Waals surface area contributed by atoms with Crippen LogP contribution in [0.4, 0.5) is 0 Å². The van der Waals surface area contributed by atoms with E-state index in [0.717, 1.165) is 12.0 Å². The zero-order valence-electron chi connectivity index (χ0n) is 10.8. The second-order valence-corrected chi connectivity index (χ2v) is 5.31. The molecule has 2 aliphatic rings. The van der Waals surface area contributed by atoms with Crippen molar-refractivity contribution in [3.05, 3.63) is 22.7 Å². The molecule has 0 amide bonds. The largest absolute Gasteiger partial charge is 0.489 e. The second-order valence-electron chi connectivity index (χ2n) is 4.91. The Labute approximate surface area is 121 Å². The van der Waals surface area contributed by atoms with Crippen LogP contribution in [0.5, 0.6) is 11.5 Å². The molecule has 20 heavy (non-hydrogen) atoms. The summed E-state index contributed by atoms with van der Waals surface area (Å²) in [6.45, 7) is 1.55. The van der Waals surface area contributed by atoms with Crippen LogP contribution in [0.25, 0.3) is 0 Å². The van der Waals surface area contributed by atoms with Gasteiger partial charge in [-0.1, -0.05) is 11.6 Å². The molecule has 5 nitrogen and oxygen atoms in total. The van der Waals surface area contributed by atoms with Gasteiger partial charge in [0.1, 0.15) is 0 Å². The summed E-state index contributed by atoms with van der Waals surface area (Å²) < 4.78 is 16.7. The summed E-state index contributed by atoms with van der Waals surface area (Å²) in [5.74, 6) is -0.311. The molecule has 1 aromatic rings. The van der Waals surface area contributed by atoms with Crippen LogP contribution in [0.1, 0.15) is 24.5 Å². The van der Waals surface area contributed by atoms with Crippen LogP contribution >= 0.6 is 11.6 Å². The Balaban J connectivity index is 1.96. The molecule has 1 N–H and O–H groups in total. The van der Waals surface area contributed by atoms with Gasteiger partial charge in [0.15, 0.2) is 11.5 Å². The molecular weight excluding hydrogens is 284 g/mol. The minimum atomic E-state index is -0.851. The first-order chi connectivity index (χ1) is 9.66. The lowest BCUT2D eigenvalue weighted by Gasteiger charge is -2.18. The zero-order chi connectivity index (χ0) is 14.1. The second kappa shape index (κ2) is 5.50. The topological polar surface area (TPSA) is 65.0 Å². The molecule has 3 rings (SSSR count). The van der Waals surface area contributed by atoms with Crippen molar-refractivity contribution in [3.63, 3.8) is 0 Å². The van der Waals surface area contributed by atoms with Gasteiger partial charge in [-0.3, -0.25) is 4.79 Å². The molecule has 2 atom stereocenters. The lowest BCUT2D eigenvalue weighted by atomic mass is 9.95. The fourth-order valence-electron chi connectivity index (χ4n) is 2.59. The van der Waals surface area contributed by atoms with Crippen molar-refractivity contribution in [1.29, 1.82) is 0 Å². The molecule has 6 heteroatoms. The van der Waals surface area contributed by atoms with Gasteiger partial charge < -0.3 is 19.3 Å². The van der Waals surface area contributed by atoms with Crippen LogP contribution in [-0.2, 0) is 9.53 Å². The molecule has 0 saturated carbocycles. The van der Waals surface area contributed by atoms with Crippen LogP contribution in [0.3, 0.4) is 0 Å². The highest BCUT2D eigenvalue weighted by molar-refractivity contribution is 6.32. The Morgan fingerprint density at radius 3 is 2.85 bits per heavy atom. The van der Waals surface area contributed by atoms with Crippen molar-refractivity contribution in [2.45, 2.75) is 18.9 Å². The Bertz CT molecular complexity index is 531. The molecule has 0 spiro atoms. The molecule has 1 aromatic carbocycles. The van der Waals surface area contributed by atoms with Crippen LogP contribution in [0, 0.1) is 5.92 Å². The molecule has 1 fully saturated rings. The number of carboxylic acids is 1. The normalized spacial score (nSPS) is 25.2. The van der Waals surface area contributed by atoms with Crippen molar-refractivity contribution in [2.75, 3.05) is 19.8 Å². The monoisotopic (exact) mass is 298 g/mol. The number of aliphatic carboxylic acids is 1. The summed E-state index contributed by atoms with van der Waals surface area (Å²) in [5.41, 5.74) is 0.726. The van der Waals surface area contributed by atoms with Gasteiger partial charge in [-0.15, -0.1) is 0 Å². The summed E-state index contributed by atoms with van der Waals surface area (Å²) in [6.07, 6.45) is 0.812. The third-order valence-corrected chi connectivity index (χ3v) is 3.84. The van der Waals surface area contributed by atoms with Gasteiger partial charge in [0.25, 0.3) is 0 Å². The molecule has 2 heterocycles. The Kier molecular flexibility index (Phi) is 3.72. The van der Waals surface area contributed by atoms with Gasteiger partial charge in [0.05, 0.1) is 30.3 Å². The van der Waals surface area contributed by atoms with Crippen molar-refractivity contribution in [1.82, 2.24) is 0 Å². The van der Waals surface area contributed by atoms with Crippen LogP contribution in [0.15, 0.2) is 12.1 Å². The maximum absolute atomic E-state index is 11.2. The first-order valence-corrected chi connectivity index (χ1v) is 6.98. The molecule has 2 aliphatic heterocycles. The zero-order valence-corrected chi connectivity index (χ0v) is 11.6. The molecule has 108 valence electrons. The average Bonchev–Trinajstić information content (AvgIpc) is 2.78. The van der Waals surface area contributed by atoms with Crippen molar-refractivity contribution in [3.8, 4) is 11.5 Å². The van der Waals surface area contributed by atoms with Gasteiger partial charge >= 0.3 is 5.97 Å². The number of fused-ring (bicyclic) bond motifs is 1. The molecular formula is C14H15ClO5. The van der Waals surface area contributed by atoms with E-state index in [1.807, 2.05) is 0 Å². The summed E-state index contributed by atoms with van der Waals surface area (Å²) >= 11 is 6.22. The number of hydrogen-bond donors (Lipinski definition) is 1. The Hall–Kier alpha value is -1.46. The van der Waals surface area contributed by atoms with E-state index in [2.05, 4.69) is 0 Å². The van der Waals surface area contributed by atoms with Gasteiger partial charge in [0.2, 0.25) is 0 Å². The van der Waals surface area contributed by atoms with E-state index in [4.69, 9.17) is 25.8 Å². The number of ether oxygens (including phenoxy) is 3. The quantitative estimate of drug-likeness (QED) is 0.909. The van der Waals surface area contributed by atoms with E-state index >= 15 is 0 Å². The van der Waals surface area contributed by atoms with Crippen LogP contribution < -0.4 is 9.47 Å². The third-order valence-electron chi connectivity index (χ3n) is 3.56. The maximum atomic E-state index is 11.2. The van der Waals surface area contributed by atoms with E-state index < -0.39 is 18.0 Å². The van der Waals surface area contributed by atoms with Crippen molar-refractivity contribution >= 4 is 17.6 Å². The lowest BCUT2D eigenvalue weighted by Crippen LogP contribution is -2.17. The van der Waals surface area contributed by atoms with Gasteiger partial charge in [-0.25, -0.2) is 0 Å². The lowest BCUT2D eigenvalue weighted by molar-refractivity contribution is -0.143. The highest BCUT2D eigenvalue weighted by atomic mass is 35.5. The molecule has 0 aliphatic carbocycles. The number of hydrogen-bond acceptors (Lipinski definition) is 4. The molecule has 1 saturated heterocycles. The molecule has 2 unspecified atom stereocenters. The fraction of sp³-hybridized carbons (Fsp3) is 0.500. The number of halogens is 1. The number of carbonyl (C=O) groups is 1. The molecule has 0 bridgehead atoms. The van der Waals surface area contributed by atoms with Gasteiger partial charge in [-0.05, 0) is 24.1 Å². The highest BCUT2D eigenvalue weighted by Gasteiger charge is 2.36. The minimum Gasteiger partial charge on any atom is -0.489 e.